The Labute approximate surface area is 120 Å². The lowest BCUT2D eigenvalue weighted by Crippen LogP contribution is -2.05. The molecule has 0 aliphatic heterocycles. The first-order valence-electron chi connectivity index (χ1n) is 6.91. The summed E-state index contributed by atoms with van der Waals surface area (Å²) in [5.41, 5.74) is 3.57. The second kappa shape index (κ2) is 6.53. The number of benzene rings is 1. The molecule has 0 saturated carbocycles. The van der Waals surface area contributed by atoms with Gasteiger partial charge < -0.3 is 9.84 Å². The van der Waals surface area contributed by atoms with Gasteiger partial charge in [-0.05, 0) is 36.6 Å². The fourth-order valence-electron chi connectivity index (χ4n) is 1.97. The van der Waals surface area contributed by atoms with E-state index in [0.717, 1.165) is 28.3 Å². The maximum absolute atomic E-state index is 9.22. The number of aromatic nitrogens is 1. The van der Waals surface area contributed by atoms with E-state index in [4.69, 9.17) is 4.74 Å². The molecular weight excluding hydrogens is 250 g/mol. The molecule has 2 rings (SSSR count). The van der Waals surface area contributed by atoms with Gasteiger partial charge in [0.1, 0.15) is 5.75 Å². The van der Waals surface area contributed by atoms with Crippen molar-refractivity contribution in [3.63, 3.8) is 0 Å². The number of aliphatic hydroxyl groups is 1. The third-order valence-corrected chi connectivity index (χ3v) is 3.10. The quantitative estimate of drug-likeness (QED) is 0.903. The topological polar surface area (TPSA) is 42.4 Å². The van der Waals surface area contributed by atoms with E-state index in [9.17, 15) is 5.11 Å². The summed E-state index contributed by atoms with van der Waals surface area (Å²) in [6.45, 7) is 6.87. The molecule has 0 amide bonds. The van der Waals surface area contributed by atoms with Gasteiger partial charge in [0.25, 0.3) is 0 Å². The molecule has 0 aliphatic carbocycles. The van der Waals surface area contributed by atoms with Gasteiger partial charge in [-0.25, -0.2) is 0 Å². The zero-order valence-electron chi connectivity index (χ0n) is 12.3. The van der Waals surface area contributed by atoms with Crippen LogP contribution in [0.2, 0.25) is 0 Å². The van der Waals surface area contributed by atoms with Crippen molar-refractivity contribution in [3.05, 3.63) is 47.7 Å². The third kappa shape index (κ3) is 3.36. The zero-order valence-corrected chi connectivity index (χ0v) is 12.3. The van der Waals surface area contributed by atoms with Crippen molar-refractivity contribution in [2.24, 2.45) is 5.92 Å². The predicted octanol–water partition coefficient (Wildman–Crippen LogP) is 3.58. The standard InChI is InChI=1S/C17H21NO2/c1-12(2)11-20-17-7-5-4-6-15(17)16-9-8-14(10-19)13(3)18-16/h4-9,12,19H,10-11H2,1-3H3. The van der Waals surface area contributed by atoms with E-state index in [1.54, 1.807) is 0 Å². The Morgan fingerprint density at radius 3 is 2.55 bits per heavy atom. The van der Waals surface area contributed by atoms with Gasteiger partial charge in [0, 0.05) is 11.3 Å². The molecule has 20 heavy (non-hydrogen) atoms. The minimum atomic E-state index is 0.0185. The van der Waals surface area contributed by atoms with Gasteiger partial charge in [-0.15, -0.1) is 0 Å². The molecule has 0 fully saturated rings. The average Bonchev–Trinajstić information content (AvgIpc) is 2.45. The summed E-state index contributed by atoms with van der Waals surface area (Å²) in [7, 11) is 0. The van der Waals surface area contributed by atoms with E-state index in [2.05, 4.69) is 18.8 Å². The van der Waals surface area contributed by atoms with Crippen LogP contribution in [0.3, 0.4) is 0 Å². The number of aryl methyl sites for hydroxylation is 1. The van der Waals surface area contributed by atoms with Crippen LogP contribution in [0.1, 0.15) is 25.1 Å². The fraction of sp³-hybridized carbons (Fsp3) is 0.353. The third-order valence-electron chi connectivity index (χ3n) is 3.10. The number of aliphatic hydroxyl groups excluding tert-OH is 1. The maximum Gasteiger partial charge on any atom is 0.128 e. The second-order valence-corrected chi connectivity index (χ2v) is 5.30. The first-order valence-corrected chi connectivity index (χ1v) is 6.91. The van der Waals surface area contributed by atoms with Gasteiger partial charge in [-0.3, -0.25) is 4.98 Å². The summed E-state index contributed by atoms with van der Waals surface area (Å²) >= 11 is 0. The van der Waals surface area contributed by atoms with Crippen LogP contribution in [0.15, 0.2) is 36.4 Å². The van der Waals surface area contributed by atoms with E-state index in [1.165, 1.54) is 0 Å². The summed E-state index contributed by atoms with van der Waals surface area (Å²) < 4.78 is 5.86. The highest BCUT2D eigenvalue weighted by Crippen LogP contribution is 2.29. The molecule has 0 bridgehead atoms. The Hall–Kier alpha value is -1.87. The van der Waals surface area contributed by atoms with Crippen LogP contribution < -0.4 is 4.74 Å². The number of nitrogens with zero attached hydrogens (tertiary/aromatic N) is 1. The van der Waals surface area contributed by atoms with Crippen molar-refractivity contribution >= 4 is 0 Å². The van der Waals surface area contributed by atoms with E-state index < -0.39 is 0 Å². The summed E-state index contributed by atoms with van der Waals surface area (Å²) in [5, 5.41) is 9.22. The molecular formula is C17H21NO2. The van der Waals surface area contributed by atoms with Crippen LogP contribution in [-0.4, -0.2) is 16.7 Å². The molecule has 0 spiro atoms. The van der Waals surface area contributed by atoms with Crippen LogP contribution >= 0.6 is 0 Å². The number of hydrogen-bond acceptors (Lipinski definition) is 3. The summed E-state index contributed by atoms with van der Waals surface area (Å²) in [5.74, 6) is 1.33. The van der Waals surface area contributed by atoms with Crippen molar-refractivity contribution in [2.75, 3.05) is 6.61 Å². The van der Waals surface area contributed by atoms with Crippen LogP contribution in [0.25, 0.3) is 11.3 Å². The molecule has 0 atom stereocenters. The summed E-state index contributed by atoms with van der Waals surface area (Å²) in [6.07, 6.45) is 0. The lowest BCUT2D eigenvalue weighted by molar-refractivity contribution is 0.272. The van der Waals surface area contributed by atoms with Crippen molar-refractivity contribution in [1.82, 2.24) is 4.98 Å². The largest absolute Gasteiger partial charge is 0.493 e. The molecule has 1 heterocycles. The minimum Gasteiger partial charge on any atom is -0.493 e. The molecule has 0 aliphatic rings. The van der Waals surface area contributed by atoms with Gasteiger partial charge >= 0.3 is 0 Å². The lowest BCUT2D eigenvalue weighted by Gasteiger charge is -2.13. The Kier molecular flexibility index (Phi) is 4.74. The van der Waals surface area contributed by atoms with Crippen LogP contribution in [-0.2, 0) is 6.61 Å². The number of hydrogen-bond donors (Lipinski definition) is 1. The van der Waals surface area contributed by atoms with Crippen LogP contribution in [0, 0.1) is 12.8 Å². The van der Waals surface area contributed by atoms with Gasteiger partial charge in [0.15, 0.2) is 0 Å². The fourth-order valence-corrected chi connectivity index (χ4v) is 1.97. The van der Waals surface area contributed by atoms with E-state index in [1.807, 2.05) is 43.3 Å². The molecule has 3 nitrogen and oxygen atoms in total. The molecule has 0 saturated heterocycles. The van der Waals surface area contributed by atoms with E-state index in [-0.39, 0.29) is 6.61 Å². The summed E-state index contributed by atoms with van der Waals surface area (Å²) in [4.78, 5) is 4.56. The minimum absolute atomic E-state index is 0.0185. The molecule has 3 heteroatoms. The molecule has 1 aromatic heterocycles. The maximum atomic E-state index is 9.22. The van der Waals surface area contributed by atoms with Crippen molar-refractivity contribution in [2.45, 2.75) is 27.4 Å². The van der Waals surface area contributed by atoms with Gasteiger partial charge in [-0.2, -0.15) is 0 Å². The first-order chi connectivity index (χ1) is 9.61. The number of ether oxygens (including phenoxy) is 1. The highest BCUT2D eigenvalue weighted by molar-refractivity contribution is 5.67. The first kappa shape index (κ1) is 14.5. The monoisotopic (exact) mass is 271 g/mol. The summed E-state index contributed by atoms with van der Waals surface area (Å²) in [6, 6.07) is 11.8. The zero-order chi connectivity index (χ0) is 14.5. The van der Waals surface area contributed by atoms with Gasteiger partial charge in [0.2, 0.25) is 0 Å². The van der Waals surface area contributed by atoms with Gasteiger partial charge in [-0.1, -0.05) is 32.0 Å². The Bertz CT molecular complexity index is 579. The van der Waals surface area contributed by atoms with E-state index >= 15 is 0 Å². The molecule has 1 N–H and O–H groups in total. The van der Waals surface area contributed by atoms with Crippen LogP contribution in [0.4, 0.5) is 0 Å². The number of rotatable bonds is 5. The molecule has 1 aromatic carbocycles. The molecule has 0 unspecified atom stereocenters. The van der Waals surface area contributed by atoms with E-state index in [0.29, 0.717) is 12.5 Å². The molecule has 106 valence electrons. The Morgan fingerprint density at radius 2 is 1.90 bits per heavy atom. The van der Waals surface area contributed by atoms with Crippen molar-refractivity contribution < 1.29 is 9.84 Å². The Morgan fingerprint density at radius 1 is 1.15 bits per heavy atom. The van der Waals surface area contributed by atoms with Crippen LogP contribution in [0.5, 0.6) is 5.75 Å². The number of para-hydroxylation sites is 1. The van der Waals surface area contributed by atoms with Crippen molar-refractivity contribution in [1.29, 1.82) is 0 Å². The second-order valence-electron chi connectivity index (χ2n) is 5.30. The predicted molar refractivity (Wildman–Crippen MR) is 80.7 cm³/mol. The normalized spacial score (nSPS) is 10.8. The number of pyridine rings is 1. The van der Waals surface area contributed by atoms with Gasteiger partial charge in [0.05, 0.1) is 18.9 Å². The lowest BCUT2D eigenvalue weighted by atomic mass is 10.1. The Balaban J connectivity index is 2.34. The highest BCUT2D eigenvalue weighted by atomic mass is 16.5. The SMILES string of the molecule is Cc1nc(-c2ccccc2OCC(C)C)ccc1CO. The smallest absolute Gasteiger partial charge is 0.128 e. The van der Waals surface area contributed by atoms with Crippen molar-refractivity contribution in [3.8, 4) is 17.0 Å². The molecule has 0 radical (unpaired) electrons. The molecule has 2 aromatic rings. The highest BCUT2D eigenvalue weighted by Gasteiger charge is 2.09. The average molecular weight is 271 g/mol.